The molecule has 0 bridgehead atoms. The molecule has 1 N–H and O–H groups in total. The van der Waals surface area contributed by atoms with Gasteiger partial charge in [0.25, 0.3) is 5.91 Å². The number of hydrogen-bond acceptors (Lipinski definition) is 3. The van der Waals surface area contributed by atoms with Crippen molar-refractivity contribution < 1.29 is 4.79 Å². The number of nitrogens with one attached hydrogen (secondary N) is 1. The number of rotatable bonds is 4. The number of amides is 1. The van der Waals surface area contributed by atoms with Crippen LogP contribution in [0.1, 0.15) is 10.4 Å². The van der Waals surface area contributed by atoms with E-state index < -0.39 is 0 Å². The Morgan fingerprint density at radius 3 is 2.52 bits per heavy atom. The molecule has 2 aromatic carbocycles. The highest BCUT2D eigenvalue weighted by molar-refractivity contribution is 6.06. The number of aryl methyl sites for hydroxylation is 1. The third-order valence-corrected chi connectivity index (χ3v) is 4.86. The lowest BCUT2D eigenvalue weighted by molar-refractivity contribution is 0.102. The molecule has 3 aromatic heterocycles. The first-order chi connectivity index (χ1) is 14.2. The second kappa shape index (κ2) is 6.79. The number of aromatic nitrogens is 5. The van der Waals surface area contributed by atoms with Gasteiger partial charge in [-0.1, -0.05) is 12.1 Å². The van der Waals surface area contributed by atoms with Crippen molar-refractivity contribution >= 4 is 22.6 Å². The van der Waals surface area contributed by atoms with Crippen molar-refractivity contribution in [2.45, 2.75) is 0 Å². The maximum absolute atomic E-state index is 12.8. The average Bonchev–Trinajstić information content (AvgIpc) is 3.48. The van der Waals surface area contributed by atoms with Gasteiger partial charge in [0.1, 0.15) is 17.7 Å². The molecule has 0 aliphatic carbocycles. The Bertz CT molecular complexity index is 1300. The van der Waals surface area contributed by atoms with Crippen LogP contribution in [0.5, 0.6) is 0 Å². The summed E-state index contributed by atoms with van der Waals surface area (Å²) < 4.78 is 5.57. The van der Waals surface area contributed by atoms with Crippen LogP contribution in [0.15, 0.2) is 85.6 Å². The Labute approximate surface area is 166 Å². The molecule has 0 atom stereocenters. The van der Waals surface area contributed by atoms with Gasteiger partial charge in [-0.15, -0.1) is 0 Å². The molecule has 0 aliphatic rings. The van der Waals surface area contributed by atoms with Crippen LogP contribution in [0.4, 0.5) is 5.69 Å². The van der Waals surface area contributed by atoms with Crippen LogP contribution in [0.2, 0.25) is 0 Å². The number of fused-ring (bicyclic) bond motifs is 1. The molecule has 0 saturated heterocycles. The number of hydrogen-bond donors (Lipinski definition) is 1. The normalized spacial score (nSPS) is 11.1. The zero-order valence-corrected chi connectivity index (χ0v) is 15.7. The first-order valence-electron chi connectivity index (χ1n) is 9.20. The summed E-state index contributed by atoms with van der Waals surface area (Å²) in [5, 5.41) is 7.19. The van der Waals surface area contributed by atoms with Crippen LogP contribution in [0.25, 0.3) is 22.5 Å². The van der Waals surface area contributed by atoms with Gasteiger partial charge >= 0.3 is 0 Å². The second-order valence-corrected chi connectivity index (χ2v) is 6.70. The van der Waals surface area contributed by atoms with Gasteiger partial charge < -0.3 is 9.88 Å². The van der Waals surface area contributed by atoms with E-state index in [1.165, 1.54) is 0 Å². The van der Waals surface area contributed by atoms with Gasteiger partial charge in [0.15, 0.2) is 0 Å². The first-order valence-corrected chi connectivity index (χ1v) is 9.20. The van der Waals surface area contributed by atoms with E-state index in [0.29, 0.717) is 17.1 Å². The first kappa shape index (κ1) is 17.0. The third-order valence-electron chi connectivity index (χ3n) is 4.86. The van der Waals surface area contributed by atoms with Gasteiger partial charge in [-0.05, 0) is 48.5 Å². The number of anilines is 1. The van der Waals surface area contributed by atoms with Crippen molar-refractivity contribution in [2.24, 2.45) is 7.05 Å². The van der Waals surface area contributed by atoms with Crippen LogP contribution in [-0.4, -0.2) is 29.8 Å². The van der Waals surface area contributed by atoms with E-state index in [9.17, 15) is 4.79 Å². The monoisotopic (exact) mass is 382 g/mol. The topological polar surface area (TPSA) is 69.7 Å². The van der Waals surface area contributed by atoms with Crippen LogP contribution < -0.4 is 5.32 Å². The standard InChI is InChI=1S/C22H18N6O/c1-26-22(27-12-4-5-13-27)18(14-24-26)21(29)25-16-8-10-17(11-9-16)28-15-23-19-6-2-3-7-20(19)28/h2-15H,1H3,(H,25,29). The van der Waals surface area contributed by atoms with Crippen LogP contribution in [0.3, 0.4) is 0 Å². The average molecular weight is 382 g/mol. The molecule has 0 radical (unpaired) electrons. The Kier molecular flexibility index (Phi) is 3.98. The smallest absolute Gasteiger partial charge is 0.261 e. The predicted octanol–water partition coefficient (Wildman–Crippen LogP) is 3.80. The minimum Gasteiger partial charge on any atom is -0.322 e. The lowest BCUT2D eigenvalue weighted by atomic mass is 10.2. The summed E-state index contributed by atoms with van der Waals surface area (Å²) in [7, 11) is 1.82. The molecule has 29 heavy (non-hydrogen) atoms. The lowest BCUT2D eigenvalue weighted by Crippen LogP contribution is -2.15. The Morgan fingerprint density at radius 2 is 1.72 bits per heavy atom. The van der Waals surface area contributed by atoms with Crippen molar-refractivity contribution in [1.29, 1.82) is 0 Å². The van der Waals surface area contributed by atoms with E-state index in [-0.39, 0.29) is 5.91 Å². The van der Waals surface area contributed by atoms with Gasteiger partial charge in [-0.25, -0.2) is 4.98 Å². The van der Waals surface area contributed by atoms with Crippen molar-refractivity contribution in [3.8, 4) is 11.5 Å². The summed E-state index contributed by atoms with van der Waals surface area (Å²) in [6.45, 7) is 0. The largest absolute Gasteiger partial charge is 0.322 e. The lowest BCUT2D eigenvalue weighted by Gasteiger charge is -2.09. The Hall–Kier alpha value is -4.13. The molecule has 0 saturated carbocycles. The molecule has 7 heteroatoms. The van der Waals surface area contributed by atoms with E-state index in [2.05, 4.69) is 15.4 Å². The minimum atomic E-state index is -0.206. The van der Waals surface area contributed by atoms with Gasteiger partial charge in [0.05, 0.1) is 17.2 Å². The molecule has 1 amide bonds. The molecule has 0 spiro atoms. The number of nitrogens with zero attached hydrogens (tertiary/aromatic N) is 5. The van der Waals surface area contributed by atoms with Gasteiger partial charge in [0.2, 0.25) is 0 Å². The van der Waals surface area contributed by atoms with Crippen LogP contribution in [0, 0.1) is 0 Å². The van der Waals surface area contributed by atoms with Gasteiger partial charge in [0, 0.05) is 30.8 Å². The maximum atomic E-state index is 12.8. The molecule has 7 nitrogen and oxygen atoms in total. The molecular weight excluding hydrogens is 364 g/mol. The Morgan fingerprint density at radius 1 is 0.966 bits per heavy atom. The molecule has 5 aromatic rings. The molecule has 142 valence electrons. The zero-order chi connectivity index (χ0) is 19.8. The predicted molar refractivity (Wildman–Crippen MR) is 112 cm³/mol. The minimum absolute atomic E-state index is 0.206. The van der Waals surface area contributed by atoms with Crippen molar-refractivity contribution in [1.82, 2.24) is 23.9 Å². The Balaban J connectivity index is 1.40. The SMILES string of the molecule is Cn1ncc(C(=O)Nc2ccc(-n3cnc4ccccc43)cc2)c1-n1cccc1. The fraction of sp³-hybridized carbons (Fsp3) is 0.0455. The fourth-order valence-corrected chi connectivity index (χ4v) is 3.44. The summed E-state index contributed by atoms with van der Waals surface area (Å²) in [6.07, 6.45) is 7.16. The second-order valence-electron chi connectivity index (χ2n) is 6.70. The molecule has 5 rings (SSSR count). The van der Waals surface area contributed by atoms with Crippen LogP contribution >= 0.6 is 0 Å². The molecule has 0 aliphatic heterocycles. The van der Waals surface area contributed by atoms with E-state index in [0.717, 1.165) is 16.7 Å². The molecular formula is C22H18N6O. The van der Waals surface area contributed by atoms with Crippen molar-refractivity contribution in [2.75, 3.05) is 5.32 Å². The van der Waals surface area contributed by atoms with Crippen molar-refractivity contribution in [3.05, 3.63) is 91.1 Å². The number of carbonyl (C=O) groups excluding carboxylic acids is 1. The molecule has 3 heterocycles. The summed E-state index contributed by atoms with van der Waals surface area (Å²) in [6, 6.07) is 19.5. The van der Waals surface area contributed by atoms with E-state index in [1.54, 1.807) is 17.2 Å². The fourth-order valence-electron chi connectivity index (χ4n) is 3.44. The number of benzene rings is 2. The van der Waals surface area contributed by atoms with E-state index in [1.807, 2.05) is 89.2 Å². The number of imidazole rings is 1. The summed E-state index contributed by atoms with van der Waals surface area (Å²) in [5.41, 5.74) is 4.18. The number of carbonyl (C=O) groups is 1. The summed E-state index contributed by atoms with van der Waals surface area (Å²) in [5.74, 6) is 0.511. The van der Waals surface area contributed by atoms with Crippen molar-refractivity contribution in [3.63, 3.8) is 0 Å². The highest BCUT2D eigenvalue weighted by Gasteiger charge is 2.17. The summed E-state index contributed by atoms with van der Waals surface area (Å²) >= 11 is 0. The quantitative estimate of drug-likeness (QED) is 0.514. The van der Waals surface area contributed by atoms with Gasteiger partial charge in [-0.2, -0.15) is 5.10 Å². The molecule has 0 fully saturated rings. The third kappa shape index (κ3) is 2.98. The van der Waals surface area contributed by atoms with E-state index in [4.69, 9.17) is 0 Å². The summed E-state index contributed by atoms with van der Waals surface area (Å²) in [4.78, 5) is 17.3. The van der Waals surface area contributed by atoms with Crippen LogP contribution in [-0.2, 0) is 7.05 Å². The maximum Gasteiger partial charge on any atom is 0.261 e. The highest BCUT2D eigenvalue weighted by atomic mass is 16.1. The number of para-hydroxylation sites is 2. The molecule has 0 unspecified atom stereocenters. The van der Waals surface area contributed by atoms with E-state index >= 15 is 0 Å². The highest BCUT2D eigenvalue weighted by Crippen LogP contribution is 2.21. The van der Waals surface area contributed by atoms with Gasteiger partial charge in [-0.3, -0.25) is 14.0 Å². The zero-order valence-electron chi connectivity index (χ0n) is 15.7.